The smallest absolute Gasteiger partial charge is 0.303 e. The number of oxazole rings is 1. The number of aliphatic carboxylic acids is 1. The molecule has 0 radical (unpaired) electrons. The van der Waals surface area contributed by atoms with E-state index in [1.165, 1.54) is 24.3 Å². The van der Waals surface area contributed by atoms with Crippen LogP contribution in [-0.4, -0.2) is 24.5 Å². The topological polar surface area (TPSA) is 123 Å². The van der Waals surface area contributed by atoms with Crippen LogP contribution in [0.3, 0.4) is 0 Å². The van der Waals surface area contributed by atoms with E-state index in [0.717, 1.165) is 0 Å². The first-order valence-corrected chi connectivity index (χ1v) is 10.4. The predicted molar refractivity (Wildman–Crippen MR) is 104 cm³/mol. The molecule has 0 aliphatic heterocycles. The Kier molecular flexibility index (Phi) is 6.09. The van der Waals surface area contributed by atoms with E-state index in [1.54, 1.807) is 24.3 Å². The first-order chi connectivity index (χ1) is 13.7. The third-order valence-corrected chi connectivity index (χ3v) is 5.19. The molecule has 3 rings (SSSR count). The number of sulfonamides is 1. The van der Waals surface area contributed by atoms with Gasteiger partial charge in [0.1, 0.15) is 11.5 Å². The summed E-state index contributed by atoms with van der Waals surface area (Å²) in [5.41, 5.74) is 1.70. The third-order valence-electron chi connectivity index (χ3n) is 4.27. The Balaban J connectivity index is 1.95. The summed E-state index contributed by atoms with van der Waals surface area (Å²) in [6.45, 7) is 0. The van der Waals surface area contributed by atoms with Crippen molar-refractivity contribution in [2.45, 2.75) is 30.6 Å². The molecule has 2 aromatic carbocycles. The highest BCUT2D eigenvalue weighted by molar-refractivity contribution is 7.89. The Morgan fingerprint density at radius 3 is 2.24 bits per heavy atom. The van der Waals surface area contributed by atoms with Gasteiger partial charge in [0.25, 0.3) is 0 Å². The van der Waals surface area contributed by atoms with Crippen molar-refractivity contribution in [2.75, 3.05) is 0 Å². The zero-order valence-corrected chi connectivity index (χ0v) is 16.2. The van der Waals surface area contributed by atoms with Crippen LogP contribution >= 0.6 is 0 Å². The van der Waals surface area contributed by atoms with Crippen molar-refractivity contribution in [1.82, 2.24) is 4.98 Å². The third kappa shape index (κ3) is 5.27. The second-order valence-electron chi connectivity index (χ2n) is 6.46. The van der Waals surface area contributed by atoms with Crippen molar-refractivity contribution in [3.63, 3.8) is 0 Å². The van der Waals surface area contributed by atoms with Gasteiger partial charge in [0.05, 0.1) is 4.90 Å². The number of halogens is 1. The van der Waals surface area contributed by atoms with E-state index >= 15 is 0 Å². The molecule has 0 saturated carbocycles. The van der Waals surface area contributed by atoms with Crippen molar-refractivity contribution >= 4 is 16.0 Å². The summed E-state index contributed by atoms with van der Waals surface area (Å²) >= 11 is 0. The van der Waals surface area contributed by atoms with Crippen LogP contribution in [-0.2, 0) is 21.2 Å². The van der Waals surface area contributed by atoms with Gasteiger partial charge in [-0.15, -0.1) is 0 Å². The molecule has 0 atom stereocenters. The van der Waals surface area contributed by atoms with Crippen LogP contribution in [0.15, 0.2) is 57.8 Å². The average molecular weight is 418 g/mol. The molecule has 1 heterocycles. The standard InChI is InChI=1S/C20H19FN2O5S/c21-15-9-5-14(6-10-15)20-19(13-7-11-16(12-8-13)29(22,26)27)23-17(28-20)3-1-2-4-18(24)25/h5-12H,1-4H2,(H,24,25)(H2,22,26,27). The van der Waals surface area contributed by atoms with Crippen LogP contribution in [0.2, 0.25) is 0 Å². The monoisotopic (exact) mass is 418 g/mol. The van der Waals surface area contributed by atoms with Crippen molar-refractivity contribution < 1.29 is 27.1 Å². The van der Waals surface area contributed by atoms with Gasteiger partial charge in [-0.2, -0.15) is 0 Å². The average Bonchev–Trinajstić information content (AvgIpc) is 3.09. The first-order valence-electron chi connectivity index (χ1n) is 8.85. The van der Waals surface area contributed by atoms with E-state index in [1.807, 2.05) is 0 Å². The normalized spacial score (nSPS) is 11.5. The summed E-state index contributed by atoms with van der Waals surface area (Å²) in [6, 6.07) is 11.6. The van der Waals surface area contributed by atoms with Crippen LogP contribution < -0.4 is 5.14 Å². The van der Waals surface area contributed by atoms with Crippen LogP contribution in [0.25, 0.3) is 22.6 Å². The Morgan fingerprint density at radius 2 is 1.66 bits per heavy atom. The minimum absolute atomic E-state index is 0.0260. The van der Waals surface area contributed by atoms with Crippen LogP contribution in [0.1, 0.15) is 25.2 Å². The van der Waals surface area contributed by atoms with Gasteiger partial charge in [0.2, 0.25) is 10.0 Å². The summed E-state index contributed by atoms with van der Waals surface area (Å²) < 4.78 is 42.1. The highest BCUT2D eigenvalue weighted by atomic mass is 32.2. The molecule has 0 fully saturated rings. The van der Waals surface area contributed by atoms with Crippen molar-refractivity contribution in [1.29, 1.82) is 0 Å². The van der Waals surface area contributed by atoms with Crippen LogP contribution in [0.4, 0.5) is 4.39 Å². The van der Waals surface area contributed by atoms with E-state index in [0.29, 0.717) is 47.7 Å². The fourth-order valence-corrected chi connectivity index (χ4v) is 3.33. The Bertz CT molecular complexity index is 1110. The van der Waals surface area contributed by atoms with E-state index in [-0.39, 0.29) is 17.1 Å². The number of carboxylic acids is 1. The number of rotatable bonds is 8. The van der Waals surface area contributed by atoms with Gasteiger partial charge < -0.3 is 9.52 Å². The number of hydrogen-bond donors (Lipinski definition) is 2. The van der Waals surface area contributed by atoms with E-state index in [2.05, 4.69) is 4.98 Å². The zero-order valence-electron chi connectivity index (χ0n) is 15.3. The van der Waals surface area contributed by atoms with E-state index < -0.39 is 16.0 Å². The lowest BCUT2D eigenvalue weighted by Crippen LogP contribution is -2.11. The maximum atomic E-state index is 13.3. The molecule has 0 aliphatic rings. The summed E-state index contributed by atoms with van der Waals surface area (Å²) in [6.07, 6.45) is 1.57. The number of benzene rings is 2. The molecule has 3 aromatic rings. The highest BCUT2D eigenvalue weighted by Gasteiger charge is 2.18. The summed E-state index contributed by atoms with van der Waals surface area (Å²) in [5.74, 6) is -0.414. The molecule has 0 bridgehead atoms. The first kappa shape index (κ1) is 20.7. The van der Waals surface area contributed by atoms with Gasteiger partial charge in [-0.25, -0.2) is 22.9 Å². The number of aromatic nitrogens is 1. The zero-order chi connectivity index (χ0) is 21.0. The largest absolute Gasteiger partial charge is 0.481 e. The predicted octanol–water partition coefficient (Wildman–Crippen LogP) is 3.59. The van der Waals surface area contributed by atoms with E-state index in [4.69, 9.17) is 14.7 Å². The molecule has 0 saturated heterocycles. The maximum absolute atomic E-state index is 13.3. The van der Waals surface area contributed by atoms with Crippen molar-refractivity contribution in [3.05, 3.63) is 60.2 Å². The summed E-state index contributed by atoms with van der Waals surface area (Å²) in [5, 5.41) is 13.9. The van der Waals surface area contributed by atoms with Gasteiger partial charge in [0, 0.05) is 24.0 Å². The van der Waals surface area contributed by atoms with Crippen LogP contribution in [0.5, 0.6) is 0 Å². The van der Waals surface area contributed by atoms with Crippen molar-refractivity contribution in [2.24, 2.45) is 5.14 Å². The molecule has 29 heavy (non-hydrogen) atoms. The highest BCUT2D eigenvalue weighted by Crippen LogP contribution is 2.33. The number of hydrogen-bond acceptors (Lipinski definition) is 5. The molecule has 9 heteroatoms. The quantitative estimate of drug-likeness (QED) is 0.539. The maximum Gasteiger partial charge on any atom is 0.303 e. The summed E-state index contributed by atoms with van der Waals surface area (Å²) in [7, 11) is -3.82. The molecule has 3 N–H and O–H groups in total. The Labute approximate surface area is 167 Å². The SMILES string of the molecule is NS(=O)(=O)c1ccc(-c2nc(CCCCC(=O)O)oc2-c2ccc(F)cc2)cc1. The van der Waals surface area contributed by atoms with Crippen molar-refractivity contribution in [3.8, 4) is 22.6 Å². The van der Waals surface area contributed by atoms with Gasteiger partial charge in [0.15, 0.2) is 11.7 Å². The number of aryl methyl sites for hydroxylation is 1. The second-order valence-corrected chi connectivity index (χ2v) is 8.02. The lowest BCUT2D eigenvalue weighted by Gasteiger charge is -2.03. The number of unbranched alkanes of at least 4 members (excludes halogenated alkanes) is 1. The lowest BCUT2D eigenvalue weighted by molar-refractivity contribution is -0.137. The molecule has 152 valence electrons. The van der Waals surface area contributed by atoms with Gasteiger partial charge in [-0.05, 0) is 49.2 Å². The molecule has 7 nitrogen and oxygen atoms in total. The van der Waals surface area contributed by atoms with Gasteiger partial charge in [-0.1, -0.05) is 12.1 Å². The number of nitrogens with two attached hydrogens (primary N) is 1. The number of carbonyl (C=O) groups is 1. The second kappa shape index (κ2) is 8.54. The fraction of sp³-hybridized carbons (Fsp3) is 0.200. The minimum atomic E-state index is -3.82. The van der Waals surface area contributed by atoms with Crippen LogP contribution in [0, 0.1) is 5.82 Å². The molecule has 1 aromatic heterocycles. The Hall–Kier alpha value is -3.04. The molecule has 0 amide bonds. The van der Waals surface area contributed by atoms with E-state index in [9.17, 15) is 17.6 Å². The molecule has 0 unspecified atom stereocenters. The molecular formula is C20H19FN2O5S. The molecule has 0 spiro atoms. The number of primary sulfonamides is 1. The molecule has 0 aliphatic carbocycles. The molecular weight excluding hydrogens is 399 g/mol. The number of nitrogens with zero attached hydrogens (tertiary/aromatic N) is 1. The van der Waals surface area contributed by atoms with Gasteiger partial charge in [-0.3, -0.25) is 4.79 Å². The summed E-state index contributed by atoms with van der Waals surface area (Å²) in [4.78, 5) is 15.1. The minimum Gasteiger partial charge on any atom is -0.481 e. The fourth-order valence-electron chi connectivity index (χ4n) is 2.82. The Morgan fingerprint density at radius 1 is 1.03 bits per heavy atom. The number of carboxylic acid groups (broad SMARTS) is 1. The lowest BCUT2D eigenvalue weighted by atomic mass is 10.1. The van der Waals surface area contributed by atoms with Gasteiger partial charge >= 0.3 is 5.97 Å².